The van der Waals surface area contributed by atoms with Crippen molar-refractivity contribution in [2.45, 2.75) is 5.56 Å². The maximum absolute atomic E-state index is 10.0. The first-order valence-corrected chi connectivity index (χ1v) is 8.36. The minimum absolute atomic E-state index is 0.653. The van der Waals surface area contributed by atoms with Gasteiger partial charge in [0, 0.05) is 16.1 Å². The van der Waals surface area contributed by atoms with E-state index in [1.165, 1.54) is 0 Å². The number of halogens is 2. The zero-order valence-corrected chi connectivity index (χ0v) is 14.4. The third-order valence-corrected chi connectivity index (χ3v) is 4.52. The fourth-order valence-corrected chi connectivity index (χ4v) is 3.20. The predicted molar refractivity (Wildman–Crippen MR) is 103 cm³/mol. The van der Waals surface area contributed by atoms with E-state index in [1.54, 1.807) is 6.08 Å². The van der Waals surface area contributed by atoms with Crippen molar-refractivity contribution in [3.8, 4) is 22.3 Å². The Labute approximate surface area is 151 Å². The minimum Gasteiger partial charge on any atom is -0.373 e. The molecule has 0 aliphatic rings. The summed E-state index contributed by atoms with van der Waals surface area (Å²) in [7, 11) is 0. The average molecular weight is 355 g/mol. The van der Waals surface area contributed by atoms with Gasteiger partial charge in [-0.2, -0.15) is 0 Å². The van der Waals surface area contributed by atoms with Crippen LogP contribution >= 0.6 is 23.2 Å². The van der Waals surface area contributed by atoms with E-state index in [-0.39, 0.29) is 0 Å². The number of aliphatic hydroxyl groups is 1. The van der Waals surface area contributed by atoms with Gasteiger partial charge in [0.25, 0.3) is 0 Å². The Kier molecular flexibility index (Phi) is 5.06. The largest absolute Gasteiger partial charge is 0.373 e. The molecule has 1 atom stereocenters. The average Bonchev–Trinajstić information content (AvgIpc) is 2.61. The fraction of sp³-hybridized carbons (Fsp3) is 0.0476. The summed E-state index contributed by atoms with van der Waals surface area (Å²) in [5.74, 6) is 0. The smallest absolute Gasteiger partial charge is 0.154 e. The third-order valence-electron chi connectivity index (χ3n) is 3.95. The Balaban J connectivity index is 2.28. The van der Waals surface area contributed by atoms with Crippen LogP contribution in [0.4, 0.5) is 0 Å². The van der Waals surface area contributed by atoms with Crippen molar-refractivity contribution in [2.24, 2.45) is 0 Å². The molecule has 3 aromatic rings. The molecule has 0 amide bonds. The number of benzene rings is 3. The van der Waals surface area contributed by atoms with Crippen LogP contribution in [0.15, 0.2) is 73.3 Å². The van der Waals surface area contributed by atoms with Crippen molar-refractivity contribution < 1.29 is 5.11 Å². The SMILES string of the molecule is C=Cc1ccc(-c2c(-c3ccccc3Cl)cccc2C(O)Cl)cc1. The van der Waals surface area contributed by atoms with E-state index >= 15 is 0 Å². The second kappa shape index (κ2) is 7.23. The molecule has 3 aromatic carbocycles. The second-order valence-corrected chi connectivity index (χ2v) is 6.23. The molecule has 24 heavy (non-hydrogen) atoms. The lowest BCUT2D eigenvalue weighted by atomic mass is 9.90. The summed E-state index contributed by atoms with van der Waals surface area (Å²) in [5, 5.41) is 10.7. The van der Waals surface area contributed by atoms with Gasteiger partial charge in [0.2, 0.25) is 0 Å². The van der Waals surface area contributed by atoms with E-state index in [4.69, 9.17) is 23.2 Å². The molecule has 0 radical (unpaired) electrons. The van der Waals surface area contributed by atoms with Crippen LogP contribution in [0.3, 0.4) is 0 Å². The molecule has 1 N–H and O–H groups in total. The molecule has 1 unspecified atom stereocenters. The van der Waals surface area contributed by atoms with Crippen LogP contribution in [-0.2, 0) is 0 Å². The van der Waals surface area contributed by atoms with Crippen LogP contribution in [0.25, 0.3) is 28.3 Å². The monoisotopic (exact) mass is 354 g/mol. The van der Waals surface area contributed by atoms with E-state index in [0.29, 0.717) is 10.6 Å². The van der Waals surface area contributed by atoms with Gasteiger partial charge in [-0.3, -0.25) is 0 Å². The number of rotatable bonds is 4. The van der Waals surface area contributed by atoms with E-state index < -0.39 is 5.56 Å². The lowest BCUT2D eigenvalue weighted by Crippen LogP contribution is -1.96. The Bertz CT molecular complexity index is 867. The second-order valence-electron chi connectivity index (χ2n) is 5.41. The normalized spacial score (nSPS) is 12.0. The molecular weight excluding hydrogens is 339 g/mol. The lowest BCUT2D eigenvalue weighted by molar-refractivity contribution is 0.263. The standard InChI is InChI=1S/C21H16Cl2O/c1-2-14-10-12-15(13-11-14)20-17(7-5-8-18(20)21(23)24)16-6-3-4-9-19(16)22/h2-13,21,24H,1H2. The predicted octanol–water partition coefficient (Wildman–Crippen LogP) is 6.55. The van der Waals surface area contributed by atoms with Gasteiger partial charge in [-0.05, 0) is 28.3 Å². The maximum atomic E-state index is 10.0. The van der Waals surface area contributed by atoms with Gasteiger partial charge < -0.3 is 5.11 Å². The van der Waals surface area contributed by atoms with Crippen LogP contribution in [0.2, 0.25) is 5.02 Å². The zero-order chi connectivity index (χ0) is 17.1. The first kappa shape index (κ1) is 16.8. The first-order chi connectivity index (χ1) is 11.6. The Morgan fingerprint density at radius 3 is 2.17 bits per heavy atom. The summed E-state index contributed by atoms with van der Waals surface area (Å²) in [5.41, 5.74) is 4.27. The number of hydrogen-bond donors (Lipinski definition) is 1. The van der Waals surface area contributed by atoms with Crippen LogP contribution in [0.5, 0.6) is 0 Å². The van der Waals surface area contributed by atoms with Crippen LogP contribution in [0, 0.1) is 0 Å². The minimum atomic E-state index is -1.10. The highest BCUT2D eigenvalue weighted by molar-refractivity contribution is 6.33. The highest BCUT2D eigenvalue weighted by Crippen LogP contribution is 2.40. The highest BCUT2D eigenvalue weighted by atomic mass is 35.5. The van der Waals surface area contributed by atoms with Crippen LogP contribution in [-0.4, -0.2) is 5.11 Å². The maximum Gasteiger partial charge on any atom is 0.154 e. The van der Waals surface area contributed by atoms with Gasteiger partial charge in [0.15, 0.2) is 5.56 Å². The van der Waals surface area contributed by atoms with Crippen molar-refractivity contribution in [2.75, 3.05) is 0 Å². The molecule has 3 rings (SSSR count). The Hall–Kier alpha value is -2.06. The molecule has 0 heterocycles. The van der Waals surface area contributed by atoms with E-state index in [9.17, 15) is 5.11 Å². The molecule has 0 bridgehead atoms. The van der Waals surface area contributed by atoms with Crippen molar-refractivity contribution in [3.63, 3.8) is 0 Å². The molecule has 0 aliphatic carbocycles. The molecule has 0 saturated carbocycles. The molecule has 0 aliphatic heterocycles. The molecule has 0 spiro atoms. The molecule has 0 fully saturated rings. The summed E-state index contributed by atoms with van der Waals surface area (Å²) in [6.07, 6.45) is 1.79. The summed E-state index contributed by atoms with van der Waals surface area (Å²) in [4.78, 5) is 0. The van der Waals surface area contributed by atoms with Gasteiger partial charge in [0.05, 0.1) is 0 Å². The summed E-state index contributed by atoms with van der Waals surface area (Å²) in [6.45, 7) is 3.78. The molecule has 1 nitrogen and oxygen atoms in total. The van der Waals surface area contributed by atoms with Crippen LogP contribution in [0.1, 0.15) is 16.7 Å². The van der Waals surface area contributed by atoms with Gasteiger partial charge in [0.1, 0.15) is 0 Å². The molecule has 3 heteroatoms. The molecular formula is C21H16Cl2O. The fourth-order valence-electron chi connectivity index (χ4n) is 2.78. The van der Waals surface area contributed by atoms with Crippen molar-refractivity contribution in [1.29, 1.82) is 0 Å². The van der Waals surface area contributed by atoms with E-state index in [0.717, 1.165) is 27.8 Å². The highest BCUT2D eigenvalue weighted by Gasteiger charge is 2.17. The van der Waals surface area contributed by atoms with Crippen molar-refractivity contribution in [3.05, 3.63) is 89.5 Å². The Morgan fingerprint density at radius 1 is 0.875 bits per heavy atom. The number of alkyl halides is 1. The quantitative estimate of drug-likeness (QED) is 0.526. The zero-order valence-electron chi connectivity index (χ0n) is 12.9. The third kappa shape index (κ3) is 3.25. The molecule has 0 aromatic heterocycles. The number of aliphatic hydroxyl groups excluding tert-OH is 1. The summed E-state index contributed by atoms with van der Waals surface area (Å²) in [6, 6.07) is 21.3. The molecule has 120 valence electrons. The molecule has 0 saturated heterocycles. The van der Waals surface area contributed by atoms with Crippen molar-refractivity contribution >= 4 is 29.3 Å². The van der Waals surface area contributed by atoms with Gasteiger partial charge in [-0.15, -0.1) is 0 Å². The Morgan fingerprint density at radius 2 is 1.54 bits per heavy atom. The number of hydrogen-bond acceptors (Lipinski definition) is 1. The van der Waals surface area contributed by atoms with Gasteiger partial charge >= 0.3 is 0 Å². The van der Waals surface area contributed by atoms with E-state index in [2.05, 4.69) is 6.58 Å². The van der Waals surface area contributed by atoms with Gasteiger partial charge in [-0.25, -0.2) is 0 Å². The summed E-state index contributed by atoms with van der Waals surface area (Å²) >= 11 is 12.4. The topological polar surface area (TPSA) is 20.2 Å². The van der Waals surface area contributed by atoms with E-state index in [1.807, 2.05) is 66.7 Å². The lowest BCUT2D eigenvalue weighted by Gasteiger charge is -2.17. The first-order valence-electron chi connectivity index (χ1n) is 7.54. The van der Waals surface area contributed by atoms with Gasteiger partial charge in [-0.1, -0.05) is 96.5 Å². The van der Waals surface area contributed by atoms with Crippen LogP contribution < -0.4 is 0 Å². The summed E-state index contributed by atoms with van der Waals surface area (Å²) < 4.78 is 0. The van der Waals surface area contributed by atoms with Crippen molar-refractivity contribution in [1.82, 2.24) is 0 Å².